The second-order valence-electron chi connectivity index (χ2n) is 4.07. The molecule has 0 atom stereocenters. The molecule has 104 valence electrons. The maximum Gasteiger partial charge on any atom is 0.352 e. The lowest BCUT2D eigenvalue weighted by Gasteiger charge is -2.11. The van der Waals surface area contributed by atoms with Crippen LogP contribution in [0.3, 0.4) is 0 Å². The van der Waals surface area contributed by atoms with Crippen LogP contribution >= 0.6 is 0 Å². The number of carboxylic acids is 1. The molecule has 6 nitrogen and oxygen atoms in total. The van der Waals surface area contributed by atoms with Gasteiger partial charge in [-0.05, 0) is 24.3 Å². The summed E-state index contributed by atoms with van der Waals surface area (Å²) < 4.78 is 6.50. The third kappa shape index (κ3) is 2.97. The molecule has 0 aliphatic carbocycles. The fraction of sp³-hybridized carbons (Fsp3) is 0.143. The van der Waals surface area contributed by atoms with Crippen molar-refractivity contribution in [2.24, 2.45) is 0 Å². The Morgan fingerprint density at radius 2 is 2.00 bits per heavy atom. The number of carbonyl (C=O) groups is 2. The average molecular weight is 274 g/mol. The van der Waals surface area contributed by atoms with Gasteiger partial charge < -0.3 is 19.7 Å². The number of methoxy groups -OCH3 is 1. The van der Waals surface area contributed by atoms with Gasteiger partial charge in [-0.25, -0.2) is 4.79 Å². The normalized spacial score (nSPS) is 10.1. The zero-order valence-corrected chi connectivity index (χ0v) is 10.9. The summed E-state index contributed by atoms with van der Waals surface area (Å²) in [6.07, 6.45) is 1.55. The Kier molecular flexibility index (Phi) is 4.05. The molecule has 2 N–H and O–H groups in total. The second kappa shape index (κ2) is 5.92. The summed E-state index contributed by atoms with van der Waals surface area (Å²) in [5, 5.41) is 11.7. The van der Waals surface area contributed by atoms with E-state index in [0.29, 0.717) is 11.4 Å². The molecule has 0 spiro atoms. The van der Waals surface area contributed by atoms with E-state index in [1.807, 2.05) is 0 Å². The van der Waals surface area contributed by atoms with Gasteiger partial charge >= 0.3 is 5.97 Å². The van der Waals surface area contributed by atoms with E-state index in [2.05, 4.69) is 5.32 Å². The van der Waals surface area contributed by atoms with Gasteiger partial charge in [-0.3, -0.25) is 4.79 Å². The summed E-state index contributed by atoms with van der Waals surface area (Å²) in [6.45, 7) is -0.0767. The highest BCUT2D eigenvalue weighted by atomic mass is 16.5. The van der Waals surface area contributed by atoms with Crippen molar-refractivity contribution in [1.82, 2.24) is 4.57 Å². The van der Waals surface area contributed by atoms with Crippen molar-refractivity contribution in [1.29, 1.82) is 0 Å². The van der Waals surface area contributed by atoms with Crippen molar-refractivity contribution in [3.05, 3.63) is 48.3 Å². The molecular formula is C14H14N2O4. The average Bonchev–Trinajstić information content (AvgIpc) is 2.87. The molecule has 0 radical (unpaired) electrons. The van der Waals surface area contributed by atoms with Crippen molar-refractivity contribution in [2.75, 3.05) is 12.4 Å². The zero-order chi connectivity index (χ0) is 14.5. The van der Waals surface area contributed by atoms with Gasteiger partial charge in [-0.2, -0.15) is 0 Å². The summed E-state index contributed by atoms with van der Waals surface area (Å²) in [6, 6.07) is 10.0. The molecule has 0 fully saturated rings. The number of benzene rings is 1. The molecule has 6 heteroatoms. The highest BCUT2D eigenvalue weighted by molar-refractivity contribution is 5.93. The predicted molar refractivity (Wildman–Crippen MR) is 73.0 cm³/mol. The van der Waals surface area contributed by atoms with Crippen LogP contribution in [0.2, 0.25) is 0 Å². The van der Waals surface area contributed by atoms with Crippen LogP contribution in [-0.4, -0.2) is 28.7 Å². The number of anilines is 1. The van der Waals surface area contributed by atoms with Crippen molar-refractivity contribution < 1.29 is 19.4 Å². The van der Waals surface area contributed by atoms with Gasteiger partial charge in [0.15, 0.2) is 0 Å². The quantitative estimate of drug-likeness (QED) is 0.871. The standard InChI is InChI=1S/C14H14N2O4/c1-20-12-7-3-2-5-10(12)15-13(17)9-16-8-4-6-11(16)14(18)19/h2-8H,9H2,1H3,(H,15,17)(H,18,19). The smallest absolute Gasteiger partial charge is 0.352 e. The monoisotopic (exact) mass is 274 g/mol. The summed E-state index contributed by atoms with van der Waals surface area (Å²) >= 11 is 0. The first kappa shape index (κ1) is 13.7. The van der Waals surface area contributed by atoms with E-state index in [1.165, 1.54) is 17.7 Å². The summed E-state index contributed by atoms with van der Waals surface area (Å²) in [5.41, 5.74) is 0.615. The number of aromatic carboxylic acids is 1. The maximum atomic E-state index is 11.9. The van der Waals surface area contributed by atoms with Crippen LogP contribution in [0.5, 0.6) is 5.75 Å². The fourth-order valence-corrected chi connectivity index (χ4v) is 1.84. The lowest BCUT2D eigenvalue weighted by atomic mass is 10.3. The van der Waals surface area contributed by atoms with Crippen LogP contribution in [0.4, 0.5) is 5.69 Å². The van der Waals surface area contributed by atoms with E-state index in [1.54, 1.807) is 36.5 Å². The van der Waals surface area contributed by atoms with E-state index in [-0.39, 0.29) is 18.1 Å². The Morgan fingerprint density at radius 3 is 2.70 bits per heavy atom. The molecule has 1 heterocycles. The maximum absolute atomic E-state index is 11.9. The third-order valence-corrected chi connectivity index (χ3v) is 2.74. The number of ether oxygens (including phenoxy) is 1. The Bertz CT molecular complexity index is 634. The largest absolute Gasteiger partial charge is 0.495 e. The fourth-order valence-electron chi connectivity index (χ4n) is 1.84. The zero-order valence-electron chi connectivity index (χ0n) is 10.9. The Labute approximate surface area is 115 Å². The molecule has 0 aliphatic heterocycles. The molecule has 2 rings (SSSR count). The number of para-hydroxylation sites is 2. The second-order valence-corrected chi connectivity index (χ2v) is 4.07. The van der Waals surface area contributed by atoms with Gasteiger partial charge in [0.1, 0.15) is 18.0 Å². The Balaban J connectivity index is 2.09. The number of rotatable bonds is 5. The molecule has 0 saturated heterocycles. The predicted octanol–water partition coefficient (Wildman–Crippen LogP) is 1.83. The first-order valence-corrected chi connectivity index (χ1v) is 5.93. The van der Waals surface area contributed by atoms with E-state index >= 15 is 0 Å². The minimum atomic E-state index is -1.07. The molecule has 2 aromatic rings. The number of hydrogen-bond donors (Lipinski definition) is 2. The third-order valence-electron chi connectivity index (χ3n) is 2.74. The Hall–Kier alpha value is -2.76. The van der Waals surface area contributed by atoms with Gasteiger partial charge in [-0.1, -0.05) is 12.1 Å². The molecular weight excluding hydrogens is 260 g/mol. The summed E-state index contributed by atoms with van der Waals surface area (Å²) in [4.78, 5) is 22.9. The van der Waals surface area contributed by atoms with Gasteiger partial charge in [0.05, 0.1) is 12.8 Å². The number of nitrogens with zero attached hydrogens (tertiary/aromatic N) is 1. The highest BCUT2D eigenvalue weighted by Gasteiger charge is 2.12. The highest BCUT2D eigenvalue weighted by Crippen LogP contribution is 2.22. The molecule has 1 aromatic carbocycles. The van der Waals surface area contributed by atoms with Gasteiger partial charge in [0, 0.05) is 6.20 Å². The lowest BCUT2D eigenvalue weighted by molar-refractivity contribution is -0.116. The summed E-state index contributed by atoms with van der Waals surface area (Å²) in [5.74, 6) is -0.847. The van der Waals surface area contributed by atoms with E-state index < -0.39 is 5.97 Å². The number of amides is 1. The van der Waals surface area contributed by atoms with Crippen LogP contribution < -0.4 is 10.1 Å². The van der Waals surface area contributed by atoms with Crippen molar-refractivity contribution >= 4 is 17.6 Å². The summed E-state index contributed by atoms with van der Waals surface area (Å²) in [7, 11) is 1.51. The number of aromatic nitrogens is 1. The molecule has 0 aliphatic rings. The van der Waals surface area contributed by atoms with Crippen LogP contribution in [0, 0.1) is 0 Å². The van der Waals surface area contributed by atoms with E-state index in [4.69, 9.17) is 9.84 Å². The first-order valence-electron chi connectivity index (χ1n) is 5.93. The number of carbonyl (C=O) groups excluding carboxylic acids is 1. The van der Waals surface area contributed by atoms with E-state index in [9.17, 15) is 9.59 Å². The van der Waals surface area contributed by atoms with Crippen LogP contribution in [0.15, 0.2) is 42.6 Å². The van der Waals surface area contributed by atoms with Crippen LogP contribution in [-0.2, 0) is 11.3 Å². The van der Waals surface area contributed by atoms with Crippen molar-refractivity contribution in [2.45, 2.75) is 6.54 Å². The van der Waals surface area contributed by atoms with Crippen LogP contribution in [0.1, 0.15) is 10.5 Å². The first-order chi connectivity index (χ1) is 9.61. The SMILES string of the molecule is COc1ccccc1NC(=O)Cn1cccc1C(=O)O. The van der Waals surface area contributed by atoms with Crippen molar-refractivity contribution in [3.63, 3.8) is 0 Å². The topological polar surface area (TPSA) is 80.6 Å². The molecule has 0 unspecified atom stereocenters. The lowest BCUT2D eigenvalue weighted by Crippen LogP contribution is -2.21. The molecule has 1 aromatic heterocycles. The minimum absolute atomic E-state index is 0.0696. The molecule has 0 saturated carbocycles. The number of nitrogens with one attached hydrogen (secondary N) is 1. The molecule has 0 bridgehead atoms. The Morgan fingerprint density at radius 1 is 1.25 bits per heavy atom. The molecule has 20 heavy (non-hydrogen) atoms. The van der Waals surface area contributed by atoms with Crippen LogP contribution in [0.25, 0.3) is 0 Å². The van der Waals surface area contributed by atoms with Gasteiger partial charge in [0.25, 0.3) is 0 Å². The van der Waals surface area contributed by atoms with Crippen molar-refractivity contribution in [3.8, 4) is 5.75 Å². The number of carboxylic acid groups (broad SMARTS) is 1. The van der Waals surface area contributed by atoms with Gasteiger partial charge in [0.2, 0.25) is 5.91 Å². The minimum Gasteiger partial charge on any atom is -0.495 e. The van der Waals surface area contributed by atoms with Gasteiger partial charge in [-0.15, -0.1) is 0 Å². The number of hydrogen-bond acceptors (Lipinski definition) is 3. The van der Waals surface area contributed by atoms with E-state index in [0.717, 1.165) is 0 Å². The molecule has 1 amide bonds.